The highest BCUT2D eigenvalue weighted by Gasteiger charge is 2.13. The van der Waals surface area contributed by atoms with Crippen LogP contribution in [-0.4, -0.2) is 21.5 Å². The second kappa shape index (κ2) is 5.69. The number of hydrogen-bond donors (Lipinski definition) is 2. The molecule has 1 amide bonds. The predicted molar refractivity (Wildman–Crippen MR) is 82.9 cm³/mol. The summed E-state index contributed by atoms with van der Waals surface area (Å²) in [6, 6.07) is 7.21. The maximum Gasteiger partial charge on any atom is 0.240 e. The van der Waals surface area contributed by atoms with E-state index in [9.17, 15) is 4.79 Å². The van der Waals surface area contributed by atoms with Crippen molar-refractivity contribution in [2.24, 2.45) is 5.73 Å². The number of fused-ring (bicyclic) bond motifs is 1. The van der Waals surface area contributed by atoms with Gasteiger partial charge in [-0.05, 0) is 31.9 Å². The molecule has 2 aromatic rings. The molecule has 110 valence electrons. The summed E-state index contributed by atoms with van der Waals surface area (Å²) >= 11 is 0. The lowest BCUT2D eigenvalue weighted by atomic mass is 10.1. The van der Waals surface area contributed by atoms with Gasteiger partial charge in [0.2, 0.25) is 5.91 Å². The Bertz CT molecular complexity index is 619. The summed E-state index contributed by atoms with van der Waals surface area (Å²) < 4.78 is 2.24. The van der Waals surface area contributed by atoms with Crippen molar-refractivity contribution in [3.05, 3.63) is 36.3 Å². The van der Waals surface area contributed by atoms with E-state index >= 15 is 0 Å². The number of nitrogens with two attached hydrogens (primary N) is 1. The van der Waals surface area contributed by atoms with Gasteiger partial charge >= 0.3 is 0 Å². The normalized spacial score (nSPS) is 15.3. The summed E-state index contributed by atoms with van der Waals surface area (Å²) in [6.45, 7) is 2.73. The third-order valence-electron chi connectivity index (χ3n) is 3.77. The number of amides is 1. The van der Waals surface area contributed by atoms with E-state index in [1.54, 1.807) is 6.92 Å². The molecular weight excluding hydrogens is 264 g/mol. The molecule has 0 aliphatic carbocycles. The molecule has 1 aromatic heterocycles. The van der Waals surface area contributed by atoms with Gasteiger partial charge in [-0.3, -0.25) is 4.79 Å². The van der Waals surface area contributed by atoms with Gasteiger partial charge in [0.15, 0.2) is 0 Å². The van der Waals surface area contributed by atoms with Crippen LogP contribution in [0.25, 0.3) is 11.3 Å². The van der Waals surface area contributed by atoms with E-state index < -0.39 is 6.04 Å². The number of aromatic nitrogens is 2. The van der Waals surface area contributed by atoms with Gasteiger partial charge in [-0.2, -0.15) is 0 Å². The van der Waals surface area contributed by atoms with Gasteiger partial charge in [0.05, 0.1) is 11.7 Å². The summed E-state index contributed by atoms with van der Waals surface area (Å²) in [5.41, 5.74) is 8.35. The molecular formula is C16H20N4O. The summed E-state index contributed by atoms with van der Waals surface area (Å²) in [5, 5.41) is 2.78. The lowest BCUT2D eigenvalue weighted by Gasteiger charge is -2.11. The number of benzene rings is 1. The molecule has 0 saturated carbocycles. The highest BCUT2D eigenvalue weighted by Crippen LogP contribution is 2.23. The van der Waals surface area contributed by atoms with Crippen molar-refractivity contribution in [1.29, 1.82) is 0 Å². The van der Waals surface area contributed by atoms with Crippen molar-refractivity contribution in [1.82, 2.24) is 9.55 Å². The van der Waals surface area contributed by atoms with E-state index in [2.05, 4.69) is 16.1 Å². The van der Waals surface area contributed by atoms with Crippen LogP contribution in [0.15, 0.2) is 30.5 Å². The Morgan fingerprint density at radius 3 is 2.76 bits per heavy atom. The molecule has 3 N–H and O–H groups in total. The van der Waals surface area contributed by atoms with E-state index in [0.717, 1.165) is 29.9 Å². The van der Waals surface area contributed by atoms with E-state index in [1.165, 1.54) is 18.7 Å². The second-order valence-corrected chi connectivity index (χ2v) is 5.55. The van der Waals surface area contributed by atoms with E-state index in [0.29, 0.717) is 0 Å². The van der Waals surface area contributed by atoms with Gasteiger partial charge in [-0.1, -0.05) is 12.1 Å². The third kappa shape index (κ3) is 2.97. The zero-order valence-electron chi connectivity index (χ0n) is 12.2. The van der Waals surface area contributed by atoms with Crippen LogP contribution in [0.5, 0.6) is 0 Å². The standard InChI is InChI=1S/C16H20N4O/c1-11(17)16(21)18-13-7-5-12(6-8-13)14-10-20-9-3-2-4-15(20)19-14/h5-8,10-11H,2-4,9,17H2,1H3,(H,18,21). The molecule has 1 unspecified atom stereocenters. The predicted octanol–water partition coefficient (Wildman–Crippen LogP) is 2.17. The van der Waals surface area contributed by atoms with Crippen molar-refractivity contribution < 1.29 is 4.79 Å². The van der Waals surface area contributed by atoms with Crippen LogP contribution in [0.4, 0.5) is 5.69 Å². The van der Waals surface area contributed by atoms with Crippen molar-refractivity contribution >= 4 is 11.6 Å². The summed E-state index contributed by atoms with van der Waals surface area (Å²) in [5.74, 6) is 0.991. The van der Waals surface area contributed by atoms with Crippen LogP contribution >= 0.6 is 0 Å². The van der Waals surface area contributed by atoms with Crippen LogP contribution in [0, 0.1) is 0 Å². The van der Waals surface area contributed by atoms with Crippen molar-refractivity contribution in [3.8, 4) is 11.3 Å². The molecule has 5 nitrogen and oxygen atoms in total. The lowest BCUT2D eigenvalue weighted by Crippen LogP contribution is -2.32. The molecule has 0 fully saturated rings. The van der Waals surface area contributed by atoms with E-state index in [4.69, 9.17) is 10.7 Å². The number of carbonyl (C=O) groups is 1. The van der Waals surface area contributed by atoms with Gasteiger partial charge in [0.1, 0.15) is 5.82 Å². The van der Waals surface area contributed by atoms with Crippen LogP contribution in [-0.2, 0) is 17.8 Å². The monoisotopic (exact) mass is 284 g/mol. The molecule has 1 atom stereocenters. The average Bonchev–Trinajstić information content (AvgIpc) is 2.91. The van der Waals surface area contributed by atoms with Gasteiger partial charge in [-0.25, -0.2) is 4.98 Å². The van der Waals surface area contributed by atoms with E-state index in [1.807, 2.05) is 24.3 Å². The molecule has 1 aliphatic rings. The first-order valence-electron chi connectivity index (χ1n) is 7.36. The number of aryl methyl sites for hydroxylation is 2. The van der Waals surface area contributed by atoms with E-state index in [-0.39, 0.29) is 5.91 Å². The minimum Gasteiger partial charge on any atom is -0.334 e. The molecule has 1 aliphatic heterocycles. The maximum absolute atomic E-state index is 11.5. The molecule has 0 saturated heterocycles. The molecule has 2 heterocycles. The van der Waals surface area contributed by atoms with Crippen LogP contribution < -0.4 is 11.1 Å². The lowest BCUT2D eigenvalue weighted by molar-refractivity contribution is -0.117. The molecule has 3 rings (SSSR count). The average molecular weight is 284 g/mol. The van der Waals surface area contributed by atoms with Crippen LogP contribution in [0.1, 0.15) is 25.6 Å². The SMILES string of the molecule is CC(N)C(=O)Nc1ccc(-c2cn3c(n2)CCCC3)cc1. The highest BCUT2D eigenvalue weighted by molar-refractivity contribution is 5.94. The van der Waals surface area contributed by atoms with Gasteiger partial charge in [-0.15, -0.1) is 0 Å². The van der Waals surface area contributed by atoms with Crippen LogP contribution in [0.3, 0.4) is 0 Å². The van der Waals surface area contributed by atoms with Crippen molar-refractivity contribution in [2.45, 2.75) is 38.8 Å². The zero-order chi connectivity index (χ0) is 14.8. The number of anilines is 1. The fourth-order valence-corrected chi connectivity index (χ4v) is 2.53. The Morgan fingerprint density at radius 1 is 1.33 bits per heavy atom. The Hall–Kier alpha value is -2.14. The first kappa shape index (κ1) is 13.8. The minimum atomic E-state index is -0.510. The third-order valence-corrected chi connectivity index (χ3v) is 3.77. The van der Waals surface area contributed by atoms with Crippen LogP contribution in [0.2, 0.25) is 0 Å². The second-order valence-electron chi connectivity index (χ2n) is 5.55. The number of nitrogens with one attached hydrogen (secondary N) is 1. The highest BCUT2D eigenvalue weighted by atomic mass is 16.2. The first-order valence-corrected chi connectivity index (χ1v) is 7.36. The van der Waals surface area contributed by atoms with Gasteiger partial charge in [0, 0.05) is 30.4 Å². The minimum absolute atomic E-state index is 0.180. The number of nitrogens with zero attached hydrogens (tertiary/aromatic N) is 2. The van der Waals surface area contributed by atoms with Gasteiger partial charge < -0.3 is 15.6 Å². The maximum atomic E-state index is 11.5. The quantitative estimate of drug-likeness (QED) is 0.907. The fourth-order valence-electron chi connectivity index (χ4n) is 2.53. The number of hydrogen-bond acceptors (Lipinski definition) is 3. The topological polar surface area (TPSA) is 72.9 Å². The van der Waals surface area contributed by atoms with Crippen molar-refractivity contribution in [3.63, 3.8) is 0 Å². The summed E-state index contributed by atoms with van der Waals surface area (Å²) in [6.07, 6.45) is 5.62. The Morgan fingerprint density at radius 2 is 2.10 bits per heavy atom. The fraction of sp³-hybridized carbons (Fsp3) is 0.375. The Kier molecular flexibility index (Phi) is 3.75. The molecule has 0 radical (unpaired) electrons. The molecule has 5 heteroatoms. The molecule has 1 aromatic carbocycles. The summed E-state index contributed by atoms with van der Waals surface area (Å²) in [7, 11) is 0. The first-order chi connectivity index (χ1) is 10.1. The van der Waals surface area contributed by atoms with Crippen molar-refractivity contribution in [2.75, 3.05) is 5.32 Å². The molecule has 0 spiro atoms. The number of carbonyl (C=O) groups excluding carboxylic acids is 1. The largest absolute Gasteiger partial charge is 0.334 e. The number of imidazole rings is 1. The smallest absolute Gasteiger partial charge is 0.240 e. The zero-order valence-corrected chi connectivity index (χ0v) is 12.2. The Balaban J connectivity index is 1.77. The van der Waals surface area contributed by atoms with Gasteiger partial charge in [0.25, 0.3) is 0 Å². The summed E-state index contributed by atoms with van der Waals surface area (Å²) in [4.78, 5) is 16.2. The number of rotatable bonds is 3. The molecule has 0 bridgehead atoms. The molecule has 21 heavy (non-hydrogen) atoms. The Labute approximate surface area is 124 Å².